The molecule has 0 aliphatic heterocycles. The first-order chi connectivity index (χ1) is 8.04. The predicted molar refractivity (Wildman–Crippen MR) is 70.5 cm³/mol. The lowest BCUT2D eigenvalue weighted by Crippen LogP contribution is -2.07. The molecule has 1 N–H and O–H groups in total. The number of hydrogen-bond acceptors (Lipinski definition) is 3. The van der Waals surface area contributed by atoms with Gasteiger partial charge in [0, 0.05) is 12.2 Å². The van der Waals surface area contributed by atoms with Gasteiger partial charge in [0.15, 0.2) is 0 Å². The third-order valence-corrected chi connectivity index (χ3v) is 2.68. The maximum atomic E-state index is 11.3. The van der Waals surface area contributed by atoms with E-state index < -0.39 is 0 Å². The van der Waals surface area contributed by atoms with Crippen molar-refractivity contribution in [3.8, 4) is 0 Å². The molecule has 3 nitrogen and oxygen atoms in total. The Bertz CT molecular complexity index is 386. The van der Waals surface area contributed by atoms with Gasteiger partial charge in [-0.25, -0.2) is 4.79 Å². The summed E-state index contributed by atoms with van der Waals surface area (Å²) in [6.45, 7) is 7.35. The quantitative estimate of drug-likeness (QED) is 0.796. The number of aryl methyl sites for hydroxylation is 1. The van der Waals surface area contributed by atoms with Crippen LogP contribution in [0.4, 0.5) is 5.69 Å². The number of benzene rings is 1. The molecule has 0 spiro atoms. The second-order valence-electron chi connectivity index (χ2n) is 4.63. The van der Waals surface area contributed by atoms with Crippen molar-refractivity contribution in [2.45, 2.75) is 27.2 Å². The van der Waals surface area contributed by atoms with E-state index in [1.807, 2.05) is 19.1 Å². The Hall–Kier alpha value is -1.51. The Morgan fingerprint density at radius 2 is 2.12 bits per heavy atom. The Balaban J connectivity index is 2.66. The summed E-state index contributed by atoms with van der Waals surface area (Å²) in [7, 11) is 1.40. The molecule has 1 rings (SSSR count). The molecule has 0 amide bonds. The lowest BCUT2D eigenvalue weighted by Gasteiger charge is -2.11. The third kappa shape index (κ3) is 4.10. The number of esters is 1. The third-order valence-electron chi connectivity index (χ3n) is 2.68. The van der Waals surface area contributed by atoms with E-state index in [-0.39, 0.29) is 5.97 Å². The summed E-state index contributed by atoms with van der Waals surface area (Å²) in [5, 5.41) is 3.38. The van der Waals surface area contributed by atoms with E-state index in [0.717, 1.165) is 24.2 Å². The Kier molecular flexibility index (Phi) is 5.01. The first-order valence-corrected chi connectivity index (χ1v) is 5.97. The summed E-state index contributed by atoms with van der Waals surface area (Å²) >= 11 is 0. The first kappa shape index (κ1) is 13.6. The number of nitrogens with one attached hydrogen (secondary N) is 1. The molecule has 0 unspecified atom stereocenters. The zero-order valence-electron chi connectivity index (χ0n) is 11.0. The molecule has 0 aromatic heterocycles. The molecule has 0 saturated carbocycles. The topological polar surface area (TPSA) is 38.3 Å². The number of anilines is 1. The van der Waals surface area contributed by atoms with Crippen molar-refractivity contribution < 1.29 is 9.53 Å². The average Bonchev–Trinajstić information content (AvgIpc) is 2.29. The van der Waals surface area contributed by atoms with Crippen molar-refractivity contribution in [2.24, 2.45) is 5.92 Å². The Labute approximate surface area is 103 Å². The molecule has 0 radical (unpaired) electrons. The molecule has 3 heteroatoms. The highest BCUT2D eigenvalue weighted by atomic mass is 16.5. The Morgan fingerprint density at radius 1 is 1.41 bits per heavy atom. The maximum absolute atomic E-state index is 11.3. The van der Waals surface area contributed by atoms with Crippen LogP contribution < -0.4 is 5.32 Å². The predicted octanol–water partition coefficient (Wildman–Crippen LogP) is 3.24. The van der Waals surface area contributed by atoms with Gasteiger partial charge in [-0.2, -0.15) is 0 Å². The first-order valence-electron chi connectivity index (χ1n) is 5.97. The summed E-state index contributed by atoms with van der Waals surface area (Å²) in [4.78, 5) is 11.3. The molecule has 0 atom stereocenters. The minimum absolute atomic E-state index is 0.290. The highest BCUT2D eigenvalue weighted by Gasteiger charge is 2.07. The summed E-state index contributed by atoms with van der Waals surface area (Å²) in [6.07, 6.45) is 1.14. The highest BCUT2D eigenvalue weighted by molar-refractivity contribution is 5.90. The molecule has 94 valence electrons. The second kappa shape index (κ2) is 6.28. The smallest absolute Gasteiger partial charge is 0.337 e. The van der Waals surface area contributed by atoms with Crippen LogP contribution in [0.25, 0.3) is 0 Å². The monoisotopic (exact) mass is 235 g/mol. The SMILES string of the molecule is COC(=O)c1ccc(NCCC(C)C)c(C)c1. The molecule has 17 heavy (non-hydrogen) atoms. The van der Waals surface area contributed by atoms with E-state index in [2.05, 4.69) is 23.9 Å². The number of methoxy groups -OCH3 is 1. The number of hydrogen-bond donors (Lipinski definition) is 1. The Morgan fingerprint density at radius 3 is 2.65 bits per heavy atom. The van der Waals surface area contributed by atoms with Crippen LogP contribution in [0.3, 0.4) is 0 Å². The van der Waals surface area contributed by atoms with Crippen molar-refractivity contribution in [3.63, 3.8) is 0 Å². The molecule has 1 aromatic rings. The van der Waals surface area contributed by atoms with Gasteiger partial charge in [-0.05, 0) is 43.0 Å². The van der Waals surface area contributed by atoms with Crippen LogP contribution in [-0.2, 0) is 4.74 Å². The summed E-state index contributed by atoms with van der Waals surface area (Å²) in [5.41, 5.74) is 2.74. The highest BCUT2D eigenvalue weighted by Crippen LogP contribution is 2.17. The molecule has 0 aliphatic carbocycles. The van der Waals surface area contributed by atoms with Crippen LogP contribution in [0.2, 0.25) is 0 Å². The van der Waals surface area contributed by atoms with E-state index in [0.29, 0.717) is 11.5 Å². The molecule has 0 fully saturated rings. The molecule has 0 bridgehead atoms. The van der Waals surface area contributed by atoms with Crippen LogP contribution in [0, 0.1) is 12.8 Å². The van der Waals surface area contributed by atoms with Gasteiger partial charge in [0.1, 0.15) is 0 Å². The molecule has 0 heterocycles. The molecular weight excluding hydrogens is 214 g/mol. The molecular formula is C14H21NO2. The van der Waals surface area contributed by atoms with Crippen LogP contribution >= 0.6 is 0 Å². The molecule has 0 aliphatic rings. The van der Waals surface area contributed by atoms with Crippen molar-refractivity contribution in [1.29, 1.82) is 0 Å². The van der Waals surface area contributed by atoms with E-state index in [9.17, 15) is 4.79 Å². The fraction of sp³-hybridized carbons (Fsp3) is 0.500. The van der Waals surface area contributed by atoms with Gasteiger partial charge in [-0.3, -0.25) is 0 Å². The van der Waals surface area contributed by atoms with Crippen molar-refractivity contribution in [3.05, 3.63) is 29.3 Å². The van der Waals surface area contributed by atoms with Gasteiger partial charge in [0.25, 0.3) is 0 Å². The largest absolute Gasteiger partial charge is 0.465 e. The van der Waals surface area contributed by atoms with Crippen molar-refractivity contribution in [1.82, 2.24) is 0 Å². The maximum Gasteiger partial charge on any atom is 0.337 e. The van der Waals surface area contributed by atoms with Gasteiger partial charge >= 0.3 is 5.97 Å². The van der Waals surface area contributed by atoms with Crippen LogP contribution in [-0.4, -0.2) is 19.6 Å². The summed E-state index contributed by atoms with van der Waals surface area (Å²) < 4.78 is 4.68. The normalized spacial score (nSPS) is 10.4. The number of ether oxygens (including phenoxy) is 1. The lowest BCUT2D eigenvalue weighted by atomic mass is 10.1. The summed E-state index contributed by atoms with van der Waals surface area (Å²) in [5.74, 6) is 0.402. The van der Waals surface area contributed by atoms with Crippen LogP contribution in [0.5, 0.6) is 0 Å². The number of carbonyl (C=O) groups excluding carboxylic acids is 1. The van der Waals surface area contributed by atoms with Crippen molar-refractivity contribution >= 4 is 11.7 Å². The van der Waals surface area contributed by atoms with Gasteiger partial charge in [-0.1, -0.05) is 13.8 Å². The van der Waals surface area contributed by atoms with Gasteiger partial charge in [0.05, 0.1) is 12.7 Å². The minimum Gasteiger partial charge on any atom is -0.465 e. The molecule has 0 saturated heterocycles. The lowest BCUT2D eigenvalue weighted by molar-refractivity contribution is 0.0600. The second-order valence-corrected chi connectivity index (χ2v) is 4.63. The van der Waals surface area contributed by atoms with E-state index >= 15 is 0 Å². The fourth-order valence-electron chi connectivity index (χ4n) is 1.60. The van der Waals surface area contributed by atoms with Gasteiger partial charge in [0.2, 0.25) is 0 Å². The number of rotatable bonds is 5. The van der Waals surface area contributed by atoms with Gasteiger partial charge < -0.3 is 10.1 Å². The minimum atomic E-state index is -0.290. The van der Waals surface area contributed by atoms with E-state index in [1.165, 1.54) is 7.11 Å². The van der Waals surface area contributed by atoms with E-state index in [1.54, 1.807) is 6.07 Å². The molecule has 1 aromatic carbocycles. The zero-order valence-corrected chi connectivity index (χ0v) is 11.0. The summed E-state index contributed by atoms with van der Waals surface area (Å²) in [6, 6.07) is 5.57. The van der Waals surface area contributed by atoms with Crippen LogP contribution in [0.1, 0.15) is 36.2 Å². The standard InChI is InChI=1S/C14H21NO2/c1-10(2)7-8-15-13-6-5-12(9-11(13)3)14(16)17-4/h5-6,9-10,15H,7-8H2,1-4H3. The zero-order chi connectivity index (χ0) is 12.8. The number of carbonyl (C=O) groups is 1. The van der Waals surface area contributed by atoms with Crippen LogP contribution in [0.15, 0.2) is 18.2 Å². The van der Waals surface area contributed by atoms with E-state index in [4.69, 9.17) is 0 Å². The van der Waals surface area contributed by atoms with Crippen molar-refractivity contribution in [2.75, 3.05) is 19.0 Å². The van der Waals surface area contributed by atoms with Gasteiger partial charge in [-0.15, -0.1) is 0 Å². The average molecular weight is 235 g/mol. The fourth-order valence-corrected chi connectivity index (χ4v) is 1.60.